The number of halogens is 1. The van der Waals surface area contributed by atoms with Crippen LogP contribution in [-0.4, -0.2) is 28.1 Å². The van der Waals surface area contributed by atoms with Gasteiger partial charge in [0, 0.05) is 23.2 Å². The van der Waals surface area contributed by atoms with E-state index in [0.717, 1.165) is 5.69 Å². The lowest BCUT2D eigenvalue weighted by Gasteiger charge is -2.08. The number of ketones is 1. The summed E-state index contributed by atoms with van der Waals surface area (Å²) in [4.78, 5) is 26.9. The Morgan fingerprint density at radius 3 is 2.52 bits per heavy atom. The summed E-state index contributed by atoms with van der Waals surface area (Å²) in [7, 11) is 1.57. The van der Waals surface area contributed by atoms with E-state index in [1.165, 1.54) is 6.07 Å². The highest BCUT2D eigenvalue weighted by Crippen LogP contribution is 2.28. The number of nitrogens with one attached hydrogen (secondary N) is 2. The van der Waals surface area contributed by atoms with Crippen LogP contribution in [0.3, 0.4) is 0 Å². The largest absolute Gasteiger partial charge is 0.497 e. The summed E-state index contributed by atoms with van der Waals surface area (Å²) in [6, 6.07) is 11.6. The molecule has 128 valence electrons. The minimum absolute atomic E-state index is 0.160. The second kappa shape index (κ2) is 6.94. The van der Waals surface area contributed by atoms with Crippen LogP contribution < -0.4 is 10.3 Å². The smallest absolute Gasteiger partial charge is 0.264 e. The lowest BCUT2D eigenvalue weighted by Crippen LogP contribution is -2.10. The Bertz CT molecular complexity index is 940. The van der Waals surface area contributed by atoms with E-state index in [1.807, 2.05) is 6.92 Å². The number of carbonyl (C=O) groups is 1. The predicted molar refractivity (Wildman–Crippen MR) is 94.6 cm³/mol. The molecule has 0 radical (unpaired) electrons. The molecule has 1 aromatic carbocycles. The van der Waals surface area contributed by atoms with Crippen LogP contribution in [0.5, 0.6) is 5.75 Å². The SMILES string of the molecule is COc1ccc(C(=O)c2[nH]c(C(C)c3ccc(=O)[nH]n3)cc2Cl)cc1. The maximum Gasteiger partial charge on any atom is 0.264 e. The molecular formula is C18H16ClN3O3. The Morgan fingerprint density at radius 1 is 1.20 bits per heavy atom. The zero-order valence-electron chi connectivity index (χ0n) is 13.7. The van der Waals surface area contributed by atoms with Crippen molar-refractivity contribution in [3.63, 3.8) is 0 Å². The van der Waals surface area contributed by atoms with Gasteiger partial charge in [-0.25, -0.2) is 5.10 Å². The number of aromatic nitrogens is 3. The Balaban J connectivity index is 1.89. The summed E-state index contributed by atoms with van der Waals surface area (Å²) in [6.45, 7) is 1.91. The van der Waals surface area contributed by atoms with Crippen molar-refractivity contribution in [3.8, 4) is 5.75 Å². The average molecular weight is 358 g/mol. The standard InChI is InChI=1S/C18H16ClN3O3/c1-10(14-7-8-16(23)22-21-14)15-9-13(19)17(20-15)18(24)11-3-5-12(25-2)6-4-11/h3-10,20H,1-2H3,(H,22,23). The number of carbonyl (C=O) groups excluding carboxylic acids is 1. The maximum atomic E-state index is 12.7. The molecule has 6 nitrogen and oxygen atoms in total. The maximum absolute atomic E-state index is 12.7. The molecule has 0 fully saturated rings. The van der Waals surface area contributed by atoms with Crippen molar-refractivity contribution < 1.29 is 9.53 Å². The molecule has 3 rings (SSSR count). The van der Waals surface area contributed by atoms with Gasteiger partial charge in [0.15, 0.2) is 0 Å². The highest BCUT2D eigenvalue weighted by Gasteiger charge is 2.20. The second-order valence-corrected chi connectivity index (χ2v) is 5.98. The number of hydrogen-bond donors (Lipinski definition) is 2. The number of rotatable bonds is 5. The fourth-order valence-corrected chi connectivity index (χ4v) is 2.74. The molecule has 25 heavy (non-hydrogen) atoms. The van der Waals surface area contributed by atoms with E-state index in [4.69, 9.17) is 16.3 Å². The van der Waals surface area contributed by atoms with Crippen molar-refractivity contribution >= 4 is 17.4 Å². The van der Waals surface area contributed by atoms with E-state index in [0.29, 0.717) is 27.7 Å². The third-order valence-corrected chi connectivity index (χ3v) is 4.28. The van der Waals surface area contributed by atoms with Gasteiger partial charge in [-0.2, -0.15) is 5.10 Å². The zero-order chi connectivity index (χ0) is 18.0. The van der Waals surface area contributed by atoms with Crippen molar-refractivity contribution in [2.45, 2.75) is 12.8 Å². The second-order valence-electron chi connectivity index (χ2n) is 5.57. The number of nitrogens with zero attached hydrogens (tertiary/aromatic N) is 1. The molecule has 0 aliphatic carbocycles. The number of aromatic amines is 2. The van der Waals surface area contributed by atoms with E-state index in [-0.39, 0.29) is 17.3 Å². The van der Waals surface area contributed by atoms with Crippen LogP contribution in [0.15, 0.2) is 47.3 Å². The minimum Gasteiger partial charge on any atom is -0.497 e. The van der Waals surface area contributed by atoms with Gasteiger partial charge in [0.2, 0.25) is 5.78 Å². The van der Waals surface area contributed by atoms with Crippen LogP contribution in [0.4, 0.5) is 0 Å². The molecule has 2 aromatic heterocycles. The summed E-state index contributed by atoms with van der Waals surface area (Å²) in [5.41, 5.74) is 1.96. The third-order valence-electron chi connectivity index (χ3n) is 3.98. The first-order valence-electron chi connectivity index (χ1n) is 7.62. The first-order chi connectivity index (χ1) is 12.0. The number of ether oxygens (including phenoxy) is 1. The molecule has 0 bridgehead atoms. The number of methoxy groups -OCH3 is 1. The van der Waals surface area contributed by atoms with E-state index in [9.17, 15) is 9.59 Å². The Hall–Kier alpha value is -2.86. The molecular weight excluding hydrogens is 342 g/mol. The van der Waals surface area contributed by atoms with Gasteiger partial charge in [-0.05, 0) is 36.4 Å². The average Bonchev–Trinajstić information content (AvgIpc) is 3.03. The summed E-state index contributed by atoms with van der Waals surface area (Å²) in [5.74, 6) is 0.305. The molecule has 0 aliphatic heterocycles. The lowest BCUT2D eigenvalue weighted by atomic mass is 10.0. The lowest BCUT2D eigenvalue weighted by molar-refractivity contribution is 0.103. The molecule has 0 amide bonds. The van der Waals surface area contributed by atoms with E-state index >= 15 is 0 Å². The molecule has 0 aliphatic rings. The minimum atomic E-state index is -0.268. The van der Waals surface area contributed by atoms with E-state index in [2.05, 4.69) is 15.2 Å². The van der Waals surface area contributed by atoms with Crippen LogP contribution in [0, 0.1) is 0 Å². The number of H-pyrrole nitrogens is 2. The van der Waals surface area contributed by atoms with Crippen molar-refractivity contribution in [1.82, 2.24) is 15.2 Å². The highest BCUT2D eigenvalue weighted by atomic mass is 35.5. The quantitative estimate of drug-likeness (QED) is 0.686. The predicted octanol–water partition coefficient (Wildman–Crippen LogP) is 3.14. The van der Waals surface area contributed by atoms with Crippen molar-refractivity contribution in [2.24, 2.45) is 0 Å². The normalized spacial score (nSPS) is 12.0. The van der Waals surface area contributed by atoms with Crippen LogP contribution in [0.2, 0.25) is 5.02 Å². The van der Waals surface area contributed by atoms with E-state index in [1.54, 1.807) is 43.5 Å². The molecule has 7 heteroatoms. The fraction of sp³-hybridized carbons (Fsp3) is 0.167. The highest BCUT2D eigenvalue weighted by molar-refractivity contribution is 6.34. The number of benzene rings is 1. The van der Waals surface area contributed by atoms with Crippen LogP contribution in [0.1, 0.15) is 40.3 Å². The van der Waals surface area contributed by atoms with Crippen molar-refractivity contribution in [1.29, 1.82) is 0 Å². The summed E-state index contributed by atoms with van der Waals surface area (Å²) in [6.07, 6.45) is 0. The van der Waals surface area contributed by atoms with Gasteiger partial charge in [-0.3, -0.25) is 9.59 Å². The first-order valence-corrected chi connectivity index (χ1v) is 8.00. The van der Waals surface area contributed by atoms with Crippen LogP contribution in [-0.2, 0) is 0 Å². The Labute approximate surface area is 148 Å². The first kappa shape index (κ1) is 17.0. The van der Waals surface area contributed by atoms with Gasteiger partial charge in [-0.15, -0.1) is 0 Å². The van der Waals surface area contributed by atoms with Gasteiger partial charge in [0.25, 0.3) is 5.56 Å². The van der Waals surface area contributed by atoms with Gasteiger partial charge >= 0.3 is 0 Å². The van der Waals surface area contributed by atoms with Crippen molar-refractivity contribution in [3.05, 3.63) is 80.5 Å². The topological polar surface area (TPSA) is 87.8 Å². The van der Waals surface area contributed by atoms with Gasteiger partial charge in [-0.1, -0.05) is 18.5 Å². The van der Waals surface area contributed by atoms with E-state index < -0.39 is 0 Å². The van der Waals surface area contributed by atoms with Gasteiger partial charge in [0.1, 0.15) is 11.4 Å². The molecule has 2 heterocycles. The molecule has 0 saturated heterocycles. The molecule has 0 spiro atoms. The number of hydrogen-bond acceptors (Lipinski definition) is 4. The monoisotopic (exact) mass is 357 g/mol. The Kier molecular flexibility index (Phi) is 4.72. The Morgan fingerprint density at radius 2 is 1.92 bits per heavy atom. The molecule has 2 N–H and O–H groups in total. The van der Waals surface area contributed by atoms with Crippen molar-refractivity contribution in [2.75, 3.05) is 7.11 Å². The third kappa shape index (κ3) is 3.49. The molecule has 0 saturated carbocycles. The van der Waals surface area contributed by atoms with Gasteiger partial charge < -0.3 is 9.72 Å². The summed E-state index contributed by atoms with van der Waals surface area (Å²) in [5, 5.41) is 6.76. The fourth-order valence-electron chi connectivity index (χ4n) is 2.49. The van der Waals surface area contributed by atoms with Crippen LogP contribution in [0.25, 0.3) is 0 Å². The summed E-state index contributed by atoms with van der Waals surface area (Å²) >= 11 is 6.25. The van der Waals surface area contributed by atoms with Gasteiger partial charge in [0.05, 0.1) is 17.8 Å². The molecule has 3 aromatic rings. The molecule has 1 atom stereocenters. The zero-order valence-corrected chi connectivity index (χ0v) is 14.4. The van der Waals surface area contributed by atoms with Crippen LogP contribution >= 0.6 is 11.6 Å². The summed E-state index contributed by atoms with van der Waals surface area (Å²) < 4.78 is 5.09. The molecule has 1 unspecified atom stereocenters.